The fourth-order valence-corrected chi connectivity index (χ4v) is 2.58. The van der Waals surface area contributed by atoms with Gasteiger partial charge >= 0.3 is 5.97 Å². The predicted octanol–water partition coefficient (Wildman–Crippen LogP) is 0.203. The van der Waals surface area contributed by atoms with E-state index in [1.165, 1.54) is 0 Å². The minimum atomic E-state index is -4.19. The minimum Gasteiger partial charge on any atom is -0.479 e. The minimum absolute atomic E-state index is 0.214. The molecular formula is C9H9ClFNO5S. The average Bonchev–Trinajstić information content (AvgIpc) is 2.29. The first-order chi connectivity index (χ1) is 8.24. The summed E-state index contributed by atoms with van der Waals surface area (Å²) in [4.78, 5) is 9.78. The number of hydrogen-bond donors (Lipinski definition) is 3. The molecule has 0 amide bonds. The van der Waals surface area contributed by atoms with Crippen LogP contribution in [0.3, 0.4) is 0 Å². The number of rotatable bonds is 5. The third-order valence-corrected chi connectivity index (χ3v) is 3.84. The zero-order valence-corrected chi connectivity index (χ0v) is 10.4. The van der Waals surface area contributed by atoms with E-state index in [1.807, 2.05) is 4.72 Å². The van der Waals surface area contributed by atoms with E-state index in [0.717, 1.165) is 12.1 Å². The molecule has 0 bridgehead atoms. The van der Waals surface area contributed by atoms with Gasteiger partial charge in [0.2, 0.25) is 10.0 Å². The summed E-state index contributed by atoms with van der Waals surface area (Å²) in [6.45, 7) is -0.746. The highest BCUT2D eigenvalue weighted by Gasteiger charge is 2.22. The van der Waals surface area contributed by atoms with Crippen LogP contribution in [-0.2, 0) is 14.8 Å². The van der Waals surface area contributed by atoms with E-state index in [4.69, 9.17) is 21.8 Å². The Bertz CT molecular complexity index is 562. The second-order valence-corrected chi connectivity index (χ2v) is 5.42. The summed E-state index contributed by atoms with van der Waals surface area (Å²) >= 11 is 5.59. The second kappa shape index (κ2) is 5.61. The van der Waals surface area contributed by atoms with E-state index < -0.39 is 39.4 Å². The number of aliphatic hydroxyl groups is 1. The van der Waals surface area contributed by atoms with E-state index in [-0.39, 0.29) is 5.02 Å². The SMILES string of the molecule is O=C(O)C(O)CNS(=O)(=O)c1cc(F)ccc1Cl. The van der Waals surface area contributed by atoms with Crippen LogP contribution in [0.4, 0.5) is 4.39 Å². The van der Waals surface area contributed by atoms with Crippen molar-refractivity contribution in [2.75, 3.05) is 6.54 Å². The Kier molecular flexibility index (Phi) is 4.63. The van der Waals surface area contributed by atoms with Gasteiger partial charge in [0.05, 0.1) is 5.02 Å². The first-order valence-corrected chi connectivity index (χ1v) is 6.46. The van der Waals surface area contributed by atoms with Gasteiger partial charge in [-0.25, -0.2) is 22.3 Å². The van der Waals surface area contributed by atoms with E-state index in [0.29, 0.717) is 6.07 Å². The lowest BCUT2D eigenvalue weighted by Gasteiger charge is -2.10. The molecule has 0 saturated heterocycles. The van der Waals surface area contributed by atoms with E-state index in [9.17, 15) is 17.6 Å². The van der Waals surface area contributed by atoms with Gasteiger partial charge < -0.3 is 10.2 Å². The first-order valence-electron chi connectivity index (χ1n) is 4.59. The van der Waals surface area contributed by atoms with E-state index in [1.54, 1.807) is 0 Å². The number of aliphatic carboxylic acids is 1. The van der Waals surface area contributed by atoms with Crippen molar-refractivity contribution in [2.45, 2.75) is 11.0 Å². The molecule has 0 aromatic heterocycles. The van der Waals surface area contributed by atoms with Crippen LogP contribution >= 0.6 is 11.6 Å². The Morgan fingerprint density at radius 2 is 2.11 bits per heavy atom. The largest absolute Gasteiger partial charge is 0.479 e. The van der Waals surface area contributed by atoms with Gasteiger partial charge in [0, 0.05) is 6.54 Å². The fourth-order valence-electron chi connectivity index (χ4n) is 1.04. The van der Waals surface area contributed by atoms with Crippen molar-refractivity contribution in [2.24, 2.45) is 0 Å². The number of carboxylic acids is 1. The molecule has 1 unspecified atom stereocenters. The second-order valence-electron chi connectivity index (χ2n) is 3.28. The summed E-state index contributed by atoms with van der Waals surface area (Å²) in [6, 6.07) is 2.73. The predicted molar refractivity (Wildman–Crippen MR) is 60.2 cm³/mol. The molecule has 1 aromatic carbocycles. The van der Waals surface area contributed by atoms with Gasteiger partial charge in [0.1, 0.15) is 10.7 Å². The van der Waals surface area contributed by atoms with Gasteiger partial charge in [-0.05, 0) is 18.2 Å². The topological polar surface area (TPSA) is 104 Å². The maximum atomic E-state index is 12.9. The maximum Gasteiger partial charge on any atom is 0.333 e. The van der Waals surface area contributed by atoms with Gasteiger partial charge in [0.25, 0.3) is 0 Å². The van der Waals surface area contributed by atoms with Crippen molar-refractivity contribution < 1.29 is 27.8 Å². The Balaban J connectivity index is 2.93. The van der Waals surface area contributed by atoms with Crippen LogP contribution in [0.25, 0.3) is 0 Å². The summed E-state index contributed by atoms with van der Waals surface area (Å²) < 4.78 is 38.1. The van der Waals surface area contributed by atoms with Crippen molar-refractivity contribution in [3.8, 4) is 0 Å². The molecule has 0 fully saturated rings. The quantitative estimate of drug-likeness (QED) is 0.720. The molecule has 3 N–H and O–H groups in total. The molecule has 0 spiro atoms. The van der Waals surface area contributed by atoms with Crippen LogP contribution in [-0.4, -0.2) is 37.2 Å². The summed E-state index contributed by atoms with van der Waals surface area (Å²) in [5.74, 6) is -2.39. The van der Waals surface area contributed by atoms with Gasteiger partial charge in [-0.3, -0.25) is 0 Å². The average molecular weight is 298 g/mol. The number of benzene rings is 1. The Morgan fingerprint density at radius 1 is 1.50 bits per heavy atom. The summed E-state index contributed by atoms with van der Waals surface area (Å²) in [6.07, 6.45) is -1.90. The Labute approximate surface area is 107 Å². The molecule has 18 heavy (non-hydrogen) atoms. The number of carbonyl (C=O) groups is 1. The Hall–Kier alpha value is -1.22. The highest BCUT2D eigenvalue weighted by atomic mass is 35.5. The fraction of sp³-hybridized carbons (Fsp3) is 0.222. The molecule has 0 aliphatic rings. The molecule has 0 radical (unpaired) electrons. The van der Waals surface area contributed by atoms with Crippen molar-refractivity contribution in [3.05, 3.63) is 29.0 Å². The third-order valence-electron chi connectivity index (χ3n) is 1.93. The number of nitrogens with one attached hydrogen (secondary N) is 1. The van der Waals surface area contributed by atoms with Gasteiger partial charge in [0.15, 0.2) is 6.10 Å². The van der Waals surface area contributed by atoms with Gasteiger partial charge in [-0.2, -0.15) is 0 Å². The number of halogens is 2. The van der Waals surface area contributed by atoms with Crippen LogP contribution in [0.2, 0.25) is 5.02 Å². The molecule has 0 aliphatic heterocycles. The summed E-state index contributed by atoms with van der Waals surface area (Å²) in [5, 5.41) is 17.1. The van der Waals surface area contributed by atoms with Crippen molar-refractivity contribution in [1.29, 1.82) is 0 Å². The molecule has 1 rings (SSSR count). The zero-order chi connectivity index (χ0) is 13.9. The van der Waals surface area contributed by atoms with Crippen LogP contribution in [0, 0.1) is 5.82 Å². The van der Waals surface area contributed by atoms with Crippen LogP contribution in [0.1, 0.15) is 0 Å². The lowest BCUT2D eigenvalue weighted by Crippen LogP contribution is -2.36. The third kappa shape index (κ3) is 3.64. The molecule has 6 nitrogen and oxygen atoms in total. The van der Waals surface area contributed by atoms with E-state index >= 15 is 0 Å². The van der Waals surface area contributed by atoms with Crippen molar-refractivity contribution in [3.63, 3.8) is 0 Å². The lowest BCUT2D eigenvalue weighted by atomic mass is 10.3. The molecule has 0 heterocycles. The number of carboxylic acid groups (broad SMARTS) is 1. The first kappa shape index (κ1) is 14.8. The number of hydrogen-bond acceptors (Lipinski definition) is 4. The van der Waals surface area contributed by atoms with Crippen LogP contribution in [0.5, 0.6) is 0 Å². The number of sulfonamides is 1. The molecule has 0 aliphatic carbocycles. The van der Waals surface area contributed by atoms with Crippen LogP contribution < -0.4 is 4.72 Å². The zero-order valence-electron chi connectivity index (χ0n) is 8.80. The van der Waals surface area contributed by atoms with Crippen molar-refractivity contribution >= 4 is 27.6 Å². The summed E-state index contributed by atoms with van der Waals surface area (Å²) in [7, 11) is -4.19. The normalized spacial score (nSPS) is 13.3. The molecule has 1 aromatic rings. The molecule has 1 atom stereocenters. The van der Waals surface area contributed by atoms with Gasteiger partial charge in [-0.15, -0.1) is 0 Å². The molecule has 100 valence electrons. The highest BCUT2D eigenvalue weighted by Crippen LogP contribution is 2.21. The van der Waals surface area contributed by atoms with Gasteiger partial charge in [-0.1, -0.05) is 11.6 Å². The highest BCUT2D eigenvalue weighted by molar-refractivity contribution is 7.89. The monoisotopic (exact) mass is 297 g/mol. The van der Waals surface area contributed by atoms with Crippen LogP contribution in [0.15, 0.2) is 23.1 Å². The molecular weight excluding hydrogens is 289 g/mol. The molecule has 0 saturated carbocycles. The summed E-state index contributed by atoms with van der Waals surface area (Å²) in [5.41, 5.74) is 0. The standard InChI is InChI=1S/C9H9ClFNO5S/c10-6-2-1-5(11)3-8(6)18(16,17)12-4-7(13)9(14)15/h1-3,7,12-13H,4H2,(H,14,15). The molecule has 9 heteroatoms. The maximum absolute atomic E-state index is 12.9. The Morgan fingerprint density at radius 3 is 2.67 bits per heavy atom. The van der Waals surface area contributed by atoms with E-state index in [2.05, 4.69) is 0 Å². The van der Waals surface area contributed by atoms with Crippen molar-refractivity contribution in [1.82, 2.24) is 4.72 Å². The number of aliphatic hydroxyl groups excluding tert-OH is 1. The smallest absolute Gasteiger partial charge is 0.333 e. The lowest BCUT2D eigenvalue weighted by molar-refractivity contribution is -0.146.